The van der Waals surface area contributed by atoms with Crippen LogP contribution in [-0.4, -0.2) is 29.5 Å². The van der Waals surface area contributed by atoms with Gasteiger partial charge >= 0.3 is 5.97 Å². The molecule has 2 rings (SSSR count). The molecule has 1 aromatic heterocycles. The Morgan fingerprint density at radius 3 is 2.56 bits per heavy atom. The summed E-state index contributed by atoms with van der Waals surface area (Å²) in [7, 11) is 0. The first-order valence-electron chi connectivity index (χ1n) is 8.05. The molecule has 0 fully saturated rings. The summed E-state index contributed by atoms with van der Waals surface area (Å²) < 4.78 is 5.23. The molecule has 0 saturated heterocycles. The quantitative estimate of drug-likeness (QED) is 0.634. The largest absolute Gasteiger partial charge is 0.449 e. The number of aromatic nitrogens is 1. The van der Waals surface area contributed by atoms with E-state index in [-0.39, 0.29) is 16.6 Å². The number of rotatable bonds is 6. The van der Waals surface area contributed by atoms with Gasteiger partial charge in [-0.15, -0.1) is 0 Å². The Morgan fingerprint density at radius 1 is 1.24 bits per heavy atom. The highest BCUT2D eigenvalue weighted by Crippen LogP contribution is 2.20. The van der Waals surface area contributed by atoms with E-state index >= 15 is 0 Å². The van der Waals surface area contributed by atoms with Crippen molar-refractivity contribution in [1.29, 1.82) is 0 Å². The third-order valence-corrected chi connectivity index (χ3v) is 3.99. The molecule has 0 spiro atoms. The van der Waals surface area contributed by atoms with Crippen molar-refractivity contribution in [1.82, 2.24) is 10.3 Å². The molecule has 0 radical (unpaired) electrons. The van der Waals surface area contributed by atoms with E-state index in [9.17, 15) is 9.59 Å². The predicted octanol–water partition coefficient (Wildman–Crippen LogP) is 3.26. The third kappa shape index (κ3) is 5.29. The molecular weight excluding hydrogens is 340 g/mol. The number of nitrogens with one attached hydrogen (secondary N) is 1. The molecule has 0 unspecified atom stereocenters. The van der Waals surface area contributed by atoms with Crippen LogP contribution >= 0.6 is 11.6 Å². The van der Waals surface area contributed by atoms with Crippen LogP contribution in [-0.2, 0) is 16.0 Å². The van der Waals surface area contributed by atoms with Gasteiger partial charge in [-0.2, -0.15) is 0 Å². The lowest BCUT2D eigenvalue weighted by molar-refractivity contribution is -0.129. The van der Waals surface area contributed by atoms with Crippen LogP contribution in [0.5, 0.6) is 0 Å². The monoisotopic (exact) mass is 360 g/mol. The number of aryl methyl sites for hydroxylation is 2. The van der Waals surface area contributed by atoms with Gasteiger partial charge in [-0.05, 0) is 44.4 Å². The summed E-state index contributed by atoms with van der Waals surface area (Å²) in [5.41, 5.74) is 2.70. The number of hydrogen-bond acceptors (Lipinski definition) is 4. The second kappa shape index (κ2) is 8.62. The number of hydrogen-bond donors (Lipinski definition) is 1. The van der Waals surface area contributed by atoms with E-state index in [0.717, 1.165) is 5.56 Å². The minimum Gasteiger partial charge on any atom is -0.449 e. The lowest BCUT2D eigenvalue weighted by Crippen LogP contribution is -2.37. The van der Waals surface area contributed by atoms with E-state index in [2.05, 4.69) is 10.3 Å². The maximum absolute atomic E-state index is 12.3. The molecule has 0 aliphatic carbocycles. The molecule has 2 aromatic rings. The maximum Gasteiger partial charge on any atom is 0.342 e. The molecule has 0 aliphatic heterocycles. The van der Waals surface area contributed by atoms with Crippen LogP contribution in [0.2, 0.25) is 5.15 Å². The summed E-state index contributed by atoms with van der Waals surface area (Å²) in [5.74, 6) is -1.00. The number of pyridine rings is 1. The number of nitrogens with zero attached hydrogens (tertiary/aromatic N) is 1. The van der Waals surface area contributed by atoms with Crippen molar-refractivity contribution in [3.05, 3.63) is 63.9 Å². The summed E-state index contributed by atoms with van der Waals surface area (Å²) in [6, 6.07) is 11.6. The molecule has 0 saturated carbocycles. The fourth-order valence-corrected chi connectivity index (χ4v) is 2.79. The summed E-state index contributed by atoms with van der Waals surface area (Å²) in [6.45, 7) is 5.54. The molecule has 1 heterocycles. The molecule has 5 nitrogen and oxygen atoms in total. The zero-order valence-electron chi connectivity index (χ0n) is 14.5. The summed E-state index contributed by atoms with van der Waals surface area (Å²) in [5, 5.41) is 2.84. The molecule has 132 valence electrons. The van der Waals surface area contributed by atoms with Crippen LogP contribution in [0.25, 0.3) is 0 Å². The van der Waals surface area contributed by atoms with Crippen molar-refractivity contribution in [3.63, 3.8) is 0 Å². The smallest absolute Gasteiger partial charge is 0.342 e. The standard InChI is InChI=1S/C19H21ClN2O3/c1-12-11-13(2)22-17(20)16(12)19(24)25-14(3)18(23)21-10-9-15-7-5-4-6-8-15/h4-8,11,14H,9-10H2,1-3H3,(H,21,23)/t14-/m0/s1. The number of esters is 1. The van der Waals surface area contributed by atoms with Crippen molar-refractivity contribution in [2.24, 2.45) is 0 Å². The number of carbonyl (C=O) groups is 2. The first kappa shape index (κ1) is 18.9. The SMILES string of the molecule is Cc1cc(C)c(C(=O)O[C@@H](C)C(=O)NCCc2ccccc2)c(Cl)n1. The van der Waals surface area contributed by atoms with Crippen LogP contribution < -0.4 is 5.32 Å². The maximum atomic E-state index is 12.3. The Bertz CT molecular complexity index is 740. The van der Waals surface area contributed by atoms with Gasteiger partial charge < -0.3 is 10.1 Å². The van der Waals surface area contributed by atoms with Gasteiger partial charge in [-0.3, -0.25) is 4.79 Å². The molecule has 0 aliphatic rings. The van der Waals surface area contributed by atoms with E-state index in [1.807, 2.05) is 30.3 Å². The lowest BCUT2D eigenvalue weighted by atomic mass is 10.1. The van der Waals surface area contributed by atoms with Gasteiger partial charge in [0.2, 0.25) is 0 Å². The van der Waals surface area contributed by atoms with Crippen molar-refractivity contribution in [2.45, 2.75) is 33.3 Å². The normalized spacial score (nSPS) is 11.7. The minimum atomic E-state index is -0.917. The van der Waals surface area contributed by atoms with E-state index in [1.54, 1.807) is 19.9 Å². The van der Waals surface area contributed by atoms with Gasteiger partial charge in [0.1, 0.15) is 5.15 Å². The summed E-state index contributed by atoms with van der Waals surface area (Å²) in [6.07, 6.45) is -0.208. The number of amides is 1. The fourth-order valence-electron chi connectivity index (χ4n) is 2.43. The van der Waals surface area contributed by atoms with Gasteiger partial charge in [-0.25, -0.2) is 9.78 Å². The molecule has 1 atom stereocenters. The third-order valence-electron chi connectivity index (χ3n) is 3.71. The predicted molar refractivity (Wildman–Crippen MR) is 96.8 cm³/mol. The molecule has 25 heavy (non-hydrogen) atoms. The fraction of sp³-hybridized carbons (Fsp3) is 0.316. The molecule has 1 N–H and O–H groups in total. The van der Waals surface area contributed by atoms with E-state index in [4.69, 9.17) is 16.3 Å². The molecule has 1 aromatic carbocycles. The molecular formula is C19H21ClN2O3. The molecule has 1 amide bonds. The first-order valence-corrected chi connectivity index (χ1v) is 8.42. The van der Waals surface area contributed by atoms with Crippen LogP contribution in [0.3, 0.4) is 0 Å². The Hall–Kier alpha value is -2.40. The van der Waals surface area contributed by atoms with Crippen LogP contribution in [0.15, 0.2) is 36.4 Å². The Kier molecular flexibility index (Phi) is 6.53. The van der Waals surface area contributed by atoms with Crippen LogP contribution in [0.1, 0.15) is 34.1 Å². The molecule has 6 heteroatoms. The highest BCUT2D eigenvalue weighted by atomic mass is 35.5. The van der Waals surface area contributed by atoms with Crippen molar-refractivity contribution in [3.8, 4) is 0 Å². The van der Waals surface area contributed by atoms with Crippen LogP contribution in [0.4, 0.5) is 0 Å². The Labute approximate surface area is 152 Å². The summed E-state index contributed by atoms with van der Waals surface area (Å²) >= 11 is 6.03. The zero-order chi connectivity index (χ0) is 18.4. The topological polar surface area (TPSA) is 68.3 Å². The highest BCUT2D eigenvalue weighted by molar-refractivity contribution is 6.32. The van der Waals surface area contributed by atoms with E-state index in [0.29, 0.717) is 24.2 Å². The highest BCUT2D eigenvalue weighted by Gasteiger charge is 2.22. The number of carbonyl (C=O) groups excluding carboxylic acids is 2. The number of halogens is 1. The molecule has 0 bridgehead atoms. The van der Waals surface area contributed by atoms with Gasteiger partial charge in [0.25, 0.3) is 5.91 Å². The lowest BCUT2D eigenvalue weighted by Gasteiger charge is -2.15. The second-order valence-corrected chi connectivity index (χ2v) is 6.18. The minimum absolute atomic E-state index is 0.0826. The van der Waals surface area contributed by atoms with Crippen LogP contribution in [0, 0.1) is 13.8 Å². The number of benzene rings is 1. The number of ether oxygens (including phenoxy) is 1. The van der Waals surface area contributed by atoms with E-state index < -0.39 is 12.1 Å². The van der Waals surface area contributed by atoms with Gasteiger partial charge in [-0.1, -0.05) is 41.9 Å². The average molecular weight is 361 g/mol. The van der Waals surface area contributed by atoms with Crippen molar-refractivity contribution >= 4 is 23.5 Å². The first-order chi connectivity index (χ1) is 11.9. The summed E-state index contributed by atoms with van der Waals surface area (Å²) in [4.78, 5) is 28.4. The van der Waals surface area contributed by atoms with Crippen molar-refractivity contribution in [2.75, 3.05) is 6.54 Å². The Balaban J connectivity index is 1.89. The second-order valence-electron chi connectivity index (χ2n) is 5.82. The van der Waals surface area contributed by atoms with E-state index in [1.165, 1.54) is 6.92 Å². The zero-order valence-corrected chi connectivity index (χ0v) is 15.3. The van der Waals surface area contributed by atoms with Gasteiger partial charge in [0.05, 0.1) is 5.56 Å². The average Bonchev–Trinajstić information content (AvgIpc) is 2.54. The van der Waals surface area contributed by atoms with Gasteiger partial charge in [0, 0.05) is 12.2 Å². The Morgan fingerprint density at radius 2 is 1.92 bits per heavy atom. The van der Waals surface area contributed by atoms with Crippen molar-refractivity contribution < 1.29 is 14.3 Å². The van der Waals surface area contributed by atoms with Gasteiger partial charge in [0.15, 0.2) is 6.10 Å².